The largest absolute Gasteiger partial charge is 0.465 e. The number of hydrogen-bond acceptors (Lipinski definition) is 3. The maximum absolute atomic E-state index is 12.6. The Morgan fingerprint density at radius 3 is 2.45 bits per heavy atom. The van der Waals surface area contributed by atoms with E-state index in [-0.39, 0.29) is 18.4 Å². The first-order valence-electron chi connectivity index (χ1n) is 7.52. The predicted molar refractivity (Wildman–Crippen MR) is 73.5 cm³/mol. The maximum Gasteiger partial charge on any atom is 0.404 e. The number of carboxylic acid groups (broad SMARTS) is 1. The zero-order valence-corrected chi connectivity index (χ0v) is 11.8. The van der Waals surface area contributed by atoms with Crippen LogP contribution in [0, 0.1) is 11.8 Å². The minimum absolute atomic E-state index is 0.0916. The Morgan fingerprint density at radius 2 is 1.85 bits per heavy atom. The molecule has 1 saturated carbocycles. The van der Waals surface area contributed by atoms with E-state index < -0.39 is 6.09 Å². The topological polar surface area (TPSA) is 78.9 Å². The molecule has 1 saturated heterocycles. The lowest BCUT2D eigenvalue weighted by Crippen LogP contribution is -2.48. The molecule has 1 aliphatic carbocycles. The number of carbonyl (C=O) groups is 2. The summed E-state index contributed by atoms with van der Waals surface area (Å²) in [6, 6.07) is 0. The van der Waals surface area contributed by atoms with Crippen molar-refractivity contribution in [3.05, 3.63) is 0 Å². The number of rotatable bonds is 4. The molecule has 1 aliphatic heterocycles. The van der Waals surface area contributed by atoms with Crippen LogP contribution < -0.4 is 5.32 Å². The average Bonchev–Trinajstić information content (AvgIpc) is 2.49. The van der Waals surface area contributed by atoms with Gasteiger partial charge < -0.3 is 20.1 Å². The van der Waals surface area contributed by atoms with Crippen molar-refractivity contribution in [1.29, 1.82) is 0 Å². The summed E-state index contributed by atoms with van der Waals surface area (Å²) in [5.41, 5.74) is 0. The molecule has 0 aromatic heterocycles. The van der Waals surface area contributed by atoms with Crippen molar-refractivity contribution in [2.75, 3.05) is 32.8 Å². The zero-order valence-electron chi connectivity index (χ0n) is 11.8. The van der Waals surface area contributed by atoms with Crippen LogP contribution in [0.15, 0.2) is 0 Å². The lowest BCUT2D eigenvalue weighted by atomic mass is 9.79. The fourth-order valence-corrected chi connectivity index (χ4v) is 3.21. The lowest BCUT2D eigenvalue weighted by molar-refractivity contribution is -0.141. The highest BCUT2D eigenvalue weighted by Gasteiger charge is 2.33. The van der Waals surface area contributed by atoms with Gasteiger partial charge in [-0.3, -0.25) is 4.79 Å². The minimum atomic E-state index is -1.06. The van der Waals surface area contributed by atoms with Gasteiger partial charge in [-0.05, 0) is 18.8 Å². The van der Waals surface area contributed by atoms with E-state index in [2.05, 4.69) is 5.32 Å². The third-order valence-electron chi connectivity index (χ3n) is 4.33. The third kappa shape index (κ3) is 4.10. The summed E-state index contributed by atoms with van der Waals surface area (Å²) in [6.45, 7) is 2.63. The summed E-state index contributed by atoms with van der Waals surface area (Å²) in [7, 11) is 0. The molecule has 0 aromatic carbocycles. The number of nitrogens with one attached hydrogen (secondary N) is 1. The van der Waals surface area contributed by atoms with Gasteiger partial charge in [0.25, 0.3) is 0 Å². The molecular formula is C14H24N2O4. The molecule has 0 aromatic rings. The standard InChI is InChI=1S/C14H24N2O4/c17-13(16-6-8-20-9-7-16)12(10-15-14(18)19)11-4-2-1-3-5-11/h11-12,15H,1-10H2,(H,18,19). The van der Waals surface area contributed by atoms with Crippen molar-refractivity contribution < 1.29 is 19.4 Å². The van der Waals surface area contributed by atoms with Crippen LogP contribution in [0.4, 0.5) is 4.79 Å². The van der Waals surface area contributed by atoms with Gasteiger partial charge in [0.05, 0.1) is 19.1 Å². The third-order valence-corrected chi connectivity index (χ3v) is 4.33. The van der Waals surface area contributed by atoms with Crippen molar-refractivity contribution in [2.45, 2.75) is 32.1 Å². The molecular weight excluding hydrogens is 260 g/mol. The molecule has 1 unspecified atom stereocenters. The summed E-state index contributed by atoms with van der Waals surface area (Å²) < 4.78 is 5.27. The lowest BCUT2D eigenvalue weighted by Gasteiger charge is -2.35. The maximum atomic E-state index is 12.6. The Bertz CT molecular complexity index is 336. The molecule has 6 nitrogen and oxygen atoms in total. The summed E-state index contributed by atoms with van der Waals surface area (Å²) in [4.78, 5) is 25.2. The number of hydrogen-bond donors (Lipinski definition) is 2. The first-order chi connectivity index (χ1) is 9.68. The summed E-state index contributed by atoms with van der Waals surface area (Å²) in [6.07, 6.45) is 4.52. The molecule has 2 fully saturated rings. The molecule has 1 heterocycles. The minimum Gasteiger partial charge on any atom is -0.465 e. The van der Waals surface area contributed by atoms with Crippen molar-refractivity contribution in [3.8, 4) is 0 Å². The van der Waals surface area contributed by atoms with E-state index in [1.54, 1.807) is 0 Å². The second-order valence-electron chi connectivity index (χ2n) is 5.63. The normalized spacial score (nSPS) is 22.3. The van der Waals surface area contributed by atoms with Gasteiger partial charge in [-0.15, -0.1) is 0 Å². The molecule has 2 aliphatic rings. The van der Waals surface area contributed by atoms with E-state index in [0.29, 0.717) is 32.2 Å². The SMILES string of the molecule is O=C(O)NCC(C(=O)N1CCOCC1)C1CCCCC1. The van der Waals surface area contributed by atoms with Crippen LogP contribution in [0.3, 0.4) is 0 Å². The molecule has 114 valence electrons. The van der Waals surface area contributed by atoms with Crippen LogP contribution in [0.2, 0.25) is 0 Å². The highest BCUT2D eigenvalue weighted by atomic mass is 16.5. The second-order valence-corrected chi connectivity index (χ2v) is 5.63. The van der Waals surface area contributed by atoms with Crippen LogP contribution in [-0.4, -0.2) is 54.9 Å². The monoisotopic (exact) mass is 284 g/mol. The molecule has 2 rings (SSSR count). The molecule has 1 atom stereocenters. The molecule has 0 bridgehead atoms. The van der Waals surface area contributed by atoms with Gasteiger partial charge in [-0.1, -0.05) is 19.3 Å². The molecule has 2 amide bonds. The Balaban J connectivity index is 1.99. The number of carbonyl (C=O) groups excluding carboxylic acids is 1. The van der Waals surface area contributed by atoms with Crippen LogP contribution in [0.25, 0.3) is 0 Å². The van der Waals surface area contributed by atoms with Gasteiger partial charge in [0.15, 0.2) is 0 Å². The Kier molecular flexibility index (Phi) is 5.64. The van der Waals surface area contributed by atoms with E-state index >= 15 is 0 Å². The van der Waals surface area contributed by atoms with Crippen molar-refractivity contribution in [2.24, 2.45) is 11.8 Å². The van der Waals surface area contributed by atoms with Crippen LogP contribution in [0.1, 0.15) is 32.1 Å². The van der Waals surface area contributed by atoms with E-state index in [9.17, 15) is 9.59 Å². The van der Waals surface area contributed by atoms with Crippen molar-refractivity contribution in [3.63, 3.8) is 0 Å². The summed E-state index contributed by atoms with van der Waals surface area (Å²) in [5.74, 6) is 0.185. The zero-order chi connectivity index (χ0) is 14.4. The molecule has 0 radical (unpaired) electrons. The van der Waals surface area contributed by atoms with Gasteiger partial charge in [0.1, 0.15) is 0 Å². The van der Waals surface area contributed by atoms with Crippen LogP contribution >= 0.6 is 0 Å². The number of ether oxygens (including phenoxy) is 1. The summed E-state index contributed by atoms with van der Waals surface area (Å²) in [5, 5.41) is 11.2. The average molecular weight is 284 g/mol. The van der Waals surface area contributed by atoms with E-state index in [1.165, 1.54) is 6.42 Å². The number of morpholine rings is 1. The van der Waals surface area contributed by atoms with Gasteiger partial charge in [0, 0.05) is 19.6 Å². The van der Waals surface area contributed by atoms with Gasteiger partial charge in [-0.25, -0.2) is 4.79 Å². The first kappa shape index (κ1) is 15.1. The quantitative estimate of drug-likeness (QED) is 0.816. The Morgan fingerprint density at radius 1 is 1.20 bits per heavy atom. The highest BCUT2D eigenvalue weighted by molar-refractivity contribution is 5.80. The highest BCUT2D eigenvalue weighted by Crippen LogP contribution is 2.31. The van der Waals surface area contributed by atoms with E-state index in [0.717, 1.165) is 25.7 Å². The Hall–Kier alpha value is -1.30. The molecule has 2 N–H and O–H groups in total. The fourth-order valence-electron chi connectivity index (χ4n) is 3.21. The summed E-state index contributed by atoms with van der Waals surface area (Å²) >= 11 is 0. The smallest absolute Gasteiger partial charge is 0.404 e. The molecule has 0 spiro atoms. The van der Waals surface area contributed by atoms with Gasteiger partial charge in [-0.2, -0.15) is 0 Å². The predicted octanol–water partition coefficient (Wildman–Crippen LogP) is 1.31. The van der Waals surface area contributed by atoms with E-state index in [1.807, 2.05) is 4.90 Å². The van der Waals surface area contributed by atoms with Crippen molar-refractivity contribution in [1.82, 2.24) is 10.2 Å². The van der Waals surface area contributed by atoms with Crippen molar-refractivity contribution >= 4 is 12.0 Å². The van der Waals surface area contributed by atoms with Gasteiger partial charge in [0.2, 0.25) is 5.91 Å². The number of nitrogens with zero attached hydrogens (tertiary/aromatic N) is 1. The number of amides is 2. The Labute approximate surface area is 119 Å². The second kappa shape index (κ2) is 7.47. The van der Waals surface area contributed by atoms with Crippen LogP contribution in [-0.2, 0) is 9.53 Å². The van der Waals surface area contributed by atoms with E-state index in [4.69, 9.17) is 9.84 Å². The first-order valence-corrected chi connectivity index (χ1v) is 7.52. The van der Waals surface area contributed by atoms with Gasteiger partial charge >= 0.3 is 6.09 Å². The molecule has 6 heteroatoms. The fraction of sp³-hybridized carbons (Fsp3) is 0.857. The molecule has 20 heavy (non-hydrogen) atoms. The van der Waals surface area contributed by atoms with Crippen LogP contribution in [0.5, 0.6) is 0 Å².